The normalized spacial score (nSPS) is 20.6. The van der Waals surface area contributed by atoms with E-state index in [1.807, 2.05) is 0 Å². The summed E-state index contributed by atoms with van der Waals surface area (Å²) in [5, 5.41) is 12.4. The van der Waals surface area contributed by atoms with E-state index in [0.717, 1.165) is 19.3 Å². The summed E-state index contributed by atoms with van der Waals surface area (Å²) in [5.41, 5.74) is 0.375. The fourth-order valence-corrected chi connectivity index (χ4v) is 2.88. The molecule has 23 heavy (non-hydrogen) atoms. The minimum atomic E-state index is -2.96. The van der Waals surface area contributed by atoms with Gasteiger partial charge in [-0.3, -0.25) is 0 Å². The van der Waals surface area contributed by atoms with Crippen LogP contribution in [0.2, 0.25) is 5.02 Å². The Bertz CT molecular complexity index is 560. The second-order valence-corrected chi connectivity index (χ2v) is 6.00. The van der Waals surface area contributed by atoms with Crippen molar-refractivity contribution in [1.29, 1.82) is 0 Å². The molecule has 128 valence electrons. The first-order chi connectivity index (χ1) is 10.9. The Labute approximate surface area is 138 Å². The molecule has 8 heteroatoms. The third kappa shape index (κ3) is 4.94. The maximum atomic E-state index is 12.2. The quantitative estimate of drug-likeness (QED) is 0.855. The Kier molecular flexibility index (Phi) is 6.01. The Hall–Kier alpha value is -1.60. The van der Waals surface area contributed by atoms with Crippen LogP contribution in [0, 0.1) is 5.92 Å². The molecule has 2 unspecified atom stereocenters. The number of anilines is 1. The molecule has 0 spiro atoms. The number of nitrogens with one attached hydrogen (secondary N) is 1. The van der Waals surface area contributed by atoms with Gasteiger partial charge >= 0.3 is 12.6 Å². The van der Waals surface area contributed by atoms with Gasteiger partial charge in [0.1, 0.15) is 5.75 Å². The molecule has 1 aliphatic rings. The lowest BCUT2D eigenvalue weighted by atomic mass is 10.1. The van der Waals surface area contributed by atoms with Crippen molar-refractivity contribution in [2.24, 2.45) is 5.92 Å². The van der Waals surface area contributed by atoms with Crippen LogP contribution < -0.4 is 10.1 Å². The number of halogens is 3. The van der Waals surface area contributed by atoms with Crippen LogP contribution in [-0.2, 0) is 0 Å². The Morgan fingerprint density at radius 1 is 1.52 bits per heavy atom. The lowest BCUT2D eigenvalue weighted by Gasteiger charge is -2.23. The number of benzene rings is 1. The molecular formula is C15H19ClF2N2O3. The SMILES string of the molecule is CN(CC1CCCC1O)C(=O)Nc1ccc(OC(F)F)c(Cl)c1. The van der Waals surface area contributed by atoms with E-state index >= 15 is 0 Å². The number of hydrogen-bond acceptors (Lipinski definition) is 3. The highest BCUT2D eigenvalue weighted by Crippen LogP contribution is 2.29. The maximum Gasteiger partial charge on any atom is 0.387 e. The molecule has 1 aromatic rings. The van der Waals surface area contributed by atoms with Crippen molar-refractivity contribution >= 4 is 23.3 Å². The fraction of sp³-hybridized carbons (Fsp3) is 0.533. The van der Waals surface area contributed by atoms with Gasteiger partial charge in [-0.2, -0.15) is 8.78 Å². The van der Waals surface area contributed by atoms with Gasteiger partial charge < -0.3 is 20.1 Å². The van der Waals surface area contributed by atoms with Crippen molar-refractivity contribution in [2.75, 3.05) is 18.9 Å². The van der Waals surface area contributed by atoms with Crippen LogP contribution in [0.3, 0.4) is 0 Å². The molecule has 1 saturated carbocycles. The van der Waals surface area contributed by atoms with Crippen molar-refractivity contribution in [3.8, 4) is 5.75 Å². The lowest BCUT2D eigenvalue weighted by molar-refractivity contribution is -0.0497. The number of urea groups is 1. The van der Waals surface area contributed by atoms with Crippen molar-refractivity contribution < 1.29 is 23.4 Å². The molecule has 5 nitrogen and oxygen atoms in total. The van der Waals surface area contributed by atoms with E-state index in [-0.39, 0.29) is 28.8 Å². The summed E-state index contributed by atoms with van der Waals surface area (Å²) in [7, 11) is 1.64. The zero-order chi connectivity index (χ0) is 17.0. The first-order valence-corrected chi connectivity index (χ1v) is 7.69. The molecule has 0 radical (unpaired) electrons. The van der Waals surface area contributed by atoms with E-state index in [1.54, 1.807) is 7.05 Å². The van der Waals surface area contributed by atoms with Crippen LogP contribution in [0.1, 0.15) is 19.3 Å². The van der Waals surface area contributed by atoms with Crippen molar-refractivity contribution in [2.45, 2.75) is 32.0 Å². The summed E-state index contributed by atoms with van der Waals surface area (Å²) in [6.07, 6.45) is 2.25. The number of amides is 2. The smallest absolute Gasteiger partial charge is 0.387 e. The summed E-state index contributed by atoms with van der Waals surface area (Å²) in [4.78, 5) is 13.6. The molecule has 2 atom stereocenters. The summed E-state index contributed by atoms with van der Waals surface area (Å²) in [6.45, 7) is -2.51. The number of carbonyl (C=O) groups excluding carboxylic acids is 1. The second-order valence-electron chi connectivity index (χ2n) is 5.59. The number of carbonyl (C=O) groups is 1. The third-order valence-corrected chi connectivity index (χ3v) is 4.17. The average Bonchev–Trinajstić information content (AvgIpc) is 2.87. The highest BCUT2D eigenvalue weighted by atomic mass is 35.5. The number of aliphatic hydroxyl groups excluding tert-OH is 1. The van der Waals surface area contributed by atoms with Crippen LogP contribution in [0.25, 0.3) is 0 Å². The van der Waals surface area contributed by atoms with Crippen molar-refractivity contribution in [1.82, 2.24) is 4.90 Å². The van der Waals surface area contributed by atoms with Crippen molar-refractivity contribution in [3.05, 3.63) is 23.2 Å². The molecular weight excluding hydrogens is 330 g/mol. The van der Waals surface area contributed by atoms with Gasteiger partial charge in [0.15, 0.2) is 0 Å². The van der Waals surface area contributed by atoms with Crippen LogP contribution in [0.5, 0.6) is 5.75 Å². The van der Waals surface area contributed by atoms with Gasteiger partial charge in [0.25, 0.3) is 0 Å². The minimum Gasteiger partial charge on any atom is -0.433 e. The number of ether oxygens (including phenoxy) is 1. The zero-order valence-corrected chi connectivity index (χ0v) is 13.4. The monoisotopic (exact) mass is 348 g/mol. The van der Waals surface area contributed by atoms with E-state index in [9.17, 15) is 18.7 Å². The molecule has 0 bridgehead atoms. The number of aliphatic hydroxyl groups is 1. The first kappa shape index (κ1) is 17.7. The maximum absolute atomic E-state index is 12.2. The van der Waals surface area contributed by atoms with Gasteiger partial charge in [0.2, 0.25) is 0 Å². The number of hydrogen-bond donors (Lipinski definition) is 2. The van der Waals surface area contributed by atoms with Crippen LogP contribution in [-0.4, -0.2) is 42.3 Å². The van der Waals surface area contributed by atoms with Gasteiger partial charge in [-0.25, -0.2) is 4.79 Å². The van der Waals surface area contributed by atoms with E-state index < -0.39 is 6.61 Å². The van der Waals surface area contributed by atoms with E-state index in [2.05, 4.69) is 10.1 Å². The Morgan fingerprint density at radius 2 is 2.26 bits per heavy atom. The molecule has 2 amide bonds. The van der Waals surface area contributed by atoms with E-state index in [0.29, 0.717) is 12.2 Å². The van der Waals surface area contributed by atoms with Gasteiger partial charge in [0, 0.05) is 25.2 Å². The molecule has 2 N–H and O–H groups in total. The predicted molar refractivity (Wildman–Crippen MR) is 83.1 cm³/mol. The van der Waals surface area contributed by atoms with Gasteiger partial charge in [-0.1, -0.05) is 18.0 Å². The van der Waals surface area contributed by atoms with Crippen LogP contribution >= 0.6 is 11.6 Å². The van der Waals surface area contributed by atoms with Gasteiger partial charge in [0.05, 0.1) is 11.1 Å². The Morgan fingerprint density at radius 3 is 2.83 bits per heavy atom. The molecule has 2 rings (SSSR count). The number of nitrogens with zero attached hydrogens (tertiary/aromatic N) is 1. The van der Waals surface area contributed by atoms with Crippen LogP contribution in [0.4, 0.5) is 19.3 Å². The second kappa shape index (κ2) is 7.79. The fourth-order valence-electron chi connectivity index (χ4n) is 2.65. The molecule has 1 aromatic carbocycles. The summed E-state index contributed by atoms with van der Waals surface area (Å²) >= 11 is 5.84. The Balaban J connectivity index is 1.92. The minimum absolute atomic E-state index is 0.0167. The molecule has 0 heterocycles. The zero-order valence-electron chi connectivity index (χ0n) is 12.6. The van der Waals surface area contributed by atoms with Gasteiger partial charge in [-0.15, -0.1) is 0 Å². The standard InChI is InChI=1S/C15H19ClF2N2O3/c1-20(8-9-3-2-4-12(9)21)15(22)19-10-5-6-13(11(16)7-10)23-14(17)18/h5-7,9,12,14,21H,2-4,8H2,1H3,(H,19,22). The molecule has 0 aliphatic heterocycles. The largest absolute Gasteiger partial charge is 0.433 e. The highest BCUT2D eigenvalue weighted by molar-refractivity contribution is 6.32. The number of rotatable bonds is 5. The highest BCUT2D eigenvalue weighted by Gasteiger charge is 2.27. The molecule has 0 saturated heterocycles. The van der Waals surface area contributed by atoms with E-state index in [1.165, 1.54) is 23.1 Å². The summed E-state index contributed by atoms with van der Waals surface area (Å²) in [5.74, 6) is -0.0711. The van der Waals surface area contributed by atoms with E-state index in [4.69, 9.17) is 11.6 Å². The van der Waals surface area contributed by atoms with Crippen LogP contribution in [0.15, 0.2) is 18.2 Å². The van der Waals surface area contributed by atoms with Crippen molar-refractivity contribution in [3.63, 3.8) is 0 Å². The topological polar surface area (TPSA) is 61.8 Å². The first-order valence-electron chi connectivity index (χ1n) is 7.31. The summed E-state index contributed by atoms with van der Waals surface area (Å²) in [6, 6.07) is 3.68. The summed E-state index contributed by atoms with van der Waals surface area (Å²) < 4.78 is 28.6. The number of alkyl halides is 2. The molecule has 0 aromatic heterocycles. The molecule has 1 aliphatic carbocycles. The lowest BCUT2D eigenvalue weighted by Crippen LogP contribution is -2.37. The van der Waals surface area contributed by atoms with Gasteiger partial charge in [-0.05, 0) is 31.0 Å². The third-order valence-electron chi connectivity index (χ3n) is 3.87. The molecule has 1 fully saturated rings. The predicted octanol–water partition coefficient (Wildman–Crippen LogP) is 3.57. The average molecular weight is 349 g/mol.